The number of fused-ring (bicyclic) bond motifs is 3. The molecule has 1 N–H and O–H groups in total. The molecule has 3 heterocycles. The molecule has 3 aromatic rings. The molecule has 5 nitrogen and oxygen atoms in total. The first-order valence-electron chi connectivity index (χ1n) is 7.43. The molecule has 4 rings (SSSR count). The molecule has 0 unspecified atom stereocenters. The Bertz CT molecular complexity index is 1010. The van der Waals surface area contributed by atoms with Gasteiger partial charge in [-0.3, -0.25) is 0 Å². The van der Waals surface area contributed by atoms with Crippen molar-refractivity contribution in [1.29, 1.82) is 5.26 Å². The molecule has 2 aromatic heterocycles. The molecule has 0 saturated carbocycles. The number of hydrogen-bond acceptors (Lipinski definition) is 5. The van der Waals surface area contributed by atoms with Gasteiger partial charge >= 0.3 is 5.97 Å². The Hall–Kier alpha value is -2.30. The number of aromatic carboxylic acids is 1. The van der Waals surface area contributed by atoms with Crippen LogP contribution in [0.3, 0.4) is 0 Å². The van der Waals surface area contributed by atoms with E-state index in [2.05, 4.69) is 28.6 Å². The zero-order valence-electron chi connectivity index (χ0n) is 12.8. The van der Waals surface area contributed by atoms with Crippen LogP contribution in [0, 0.1) is 11.3 Å². The maximum atomic E-state index is 11.1. The molecule has 0 fully saturated rings. The Morgan fingerprint density at radius 1 is 1.46 bits per heavy atom. The van der Waals surface area contributed by atoms with Crippen molar-refractivity contribution in [3.63, 3.8) is 0 Å². The van der Waals surface area contributed by atoms with Gasteiger partial charge in [-0.2, -0.15) is 17.0 Å². The molecule has 0 aliphatic carbocycles. The normalized spacial score (nSPS) is 16.8. The lowest BCUT2D eigenvalue weighted by Gasteiger charge is -2.23. The first kappa shape index (κ1) is 15.2. The van der Waals surface area contributed by atoms with E-state index in [1.54, 1.807) is 0 Å². The van der Waals surface area contributed by atoms with E-state index in [0.717, 1.165) is 39.3 Å². The van der Waals surface area contributed by atoms with E-state index in [-0.39, 0.29) is 4.88 Å². The number of hydrogen-bond donors (Lipinski definition) is 1. The van der Waals surface area contributed by atoms with Crippen molar-refractivity contribution in [3.8, 4) is 16.6 Å². The summed E-state index contributed by atoms with van der Waals surface area (Å²) in [5.74, 6) is 1.00. The number of thioether (sulfide) groups is 1. The maximum Gasteiger partial charge on any atom is 0.347 e. The first-order chi connectivity index (χ1) is 11.6. The highest BCUT2D eigenvalue weighted by Crippen LogP contribution is 2.37. The van der Waals surface area contributed by atoms with Crippen molar-refractivity contribution in [2.45, 2.75) is 18.7 Å². The third-order valence-electron chi connectivity index (χ3n) is 4.15. The van der Waals surface area contributed by atoms with Crippen LogP contribution in [0.15, 0.2) is 24.4 Å². The highest BCUT2D eigenvalue weighted by atomic mass is 32.2. The van der Waals surface area contributed by atoms with Crippen molar-refractivity contribution < 1.29 is 9.90 Å². The zero-order valence-corrected chi connectivity index (χ0v) is 14.4. The zero-order chi connectivity index (χ0) is 16.8. The quantitative estimate of drug-likeness (QED) is 0.747. The lowest BCUT2D eigenvalue weighted by Crippen LogP contribution is -2.15. The monoisotopic (exact) mass is 355 g/mol. The van der Waals surface area contributed by atoms with Crippen LogP contribution in [-0.4, -0.2) is 26.4 Å². The molecule has 0 amide bonds. The Labute approximate surface area is 146 Å². The smallest absolute Gasteiger partial charge is 0.347 e. The second-order valence-electron chi connectivity index (χ2n) is 5.78. The second-order valence-corrected chi connectivity index (χ2v) is 7.84. The lowest BCUT2D eigenvalue weighted by molar-refractivity contribution is 0.0702. The van der Waals surface area contributed by atoms with Crippen LogP contribution in [0.2, 0.25) is 0 Å². The number of nitriles is 1. The largest absolute Gasteiger partial charge is 0.477 e. The average Bonchev–Trinajstić information content (AvgIpc) is 3.19. The number of carboxylic acid groups (broad SMARTS) is 1. The van der Waals surface area contributed by atoms with E-state index in [0.29, 0.717) is 16.6 Å². The van der Waals surface area contributed by atoms with Crippen LogP contribution >= 0.6 is 23.1 Å². The topological polar surface area (TPSA) is 78.9 Å². The molecular formula is C17H13N3O2S2. The minimum absolute atomic E-state index is 0.199. The van der Waals surface area contributed by atoms with Gasteiger partial charge in [-0.25, -0.2) is 9.78 Å². The van der Waals surface area contributed by atoms with Crippen LogP contribution in [-0.2, 0) is 5.75 Å². The van der Waals surface area contributed by atoms with Crippen molar-refractivity contribution in [2.24, 2.45) is 0 Å². The van der Waals surface area contributed by atoms with Crippen molar-refractivity contribution in [2.75, 3.05) is 5.75 Å². The maximum absolute atomic E-state index is 11.1. The van der Waals surface area contributed by atoms with Crippen molar-refractivity contribution in [1.82, 2.24) is 9.55 Å². The minimum atomic E-state index is -0.981. The molecular weight excluding hydrogens is 342 g/mol. The highest BCUT2D eigenvalue weighted by Gasteiger charge is 2.22. The van der Waals surface area contributed by atoms with Gasteiger partial charge < -0.3 is 9.67 Å². The van der Waals surface area contributed by atoms with E-state index in [1.807, 2.05) is 23.9 Å². The van der Waals surface area contributed by atoms with E-state index in [4.69, 9.17) is 5.11 Å². The molecule has 1 atom stereocenters. The van der Waals surface area contributed by atoms with Gasteiger partial charge in [-0.1, -0.05) is 0 Å². The fraction of sp³-hybridized carbons (Fsp3) is 0.235. The summed E-state index contributed by atoms with van der Waals surface area (Å²) < 4.78 is 2.26. The Kier molecular flexibility index (Phi) is 3.59. The third kappa shape index (κ3) is 2.30. The summed E-state index contributed by atoms with van der Waals surface area (Å²) in [6.45, 7) is 2.17. The average molecular weight is 355 g/mol. The number of benzene rings is 1. The van der Waals surface area contributed by atoms with Gasteiger partial charge in [-0.05, 0) is 25.1 Å². The Balaban J connectivity index is 1.93. The summed E-state index contributed by atoms with van der Waals surface area (Å²) in [6, 6.07) is 8.60. The van der Waals surface area contributed by atoms with E-state index in [9.17, 15) is 10.1 Å². The van der Waals surface area contributed by atoms with Gasteiger partial charge in [0.1, 0.15) is 16.0 Å². The third-order valence-corrected chi connectivity index (χ3v) is 6.40. The summed E-state index contributed by atoms with van der Waals surface area (Å²) >= 11 is 3.03. The SMILES string of the molecule is C[C@@H]1CSCc2cc3cc(-c4ncc(C(=O)O)s4)cc(C#N)c3n21. The summed E-state index contributed by atoms with van der Waals surface area (Å²) in [4.78, 5) is 15.5. The van der Waals surface area contributed by atoms with Crippen LogP contribution < -0.4 is 0 Å². The fourth-order valence-corrected chi connectivity index (χ4v) is 4.95. The van der Waals surface area contributed by atoms with Crippen LogP contribution in [0.5, 0.6) is 0 Å². The minimum Gasteiger partial charge on any atom is -0.477 e. The molecule has 120 valence electrons. The molecule has 24 heavy (non-hydrogen) atoms. The van der Waals surface area contributed by atoms with E-state index in [1.165, 1.54) is 11.9 Å². The molecule has 1 aromatic carbocycles. The molecule has 1 aliphatic heterocycles. The van der Waals surface area contributed by atoms with E-state index >= 15 is 0 Å². The number of carbonyl (C=O) groups is 1. The molecule has 1 aliphatic rings. The van der Waals surface area contributed by atoms with Gasteiger partial charge in [0.25, 0.3) is 0 Å². The van der Waals surface area contributed by atoms with Gasteiger partial charge in [0, 0.05) is 34.2 Å². The van der Waals surface area contributed by atoms with Gasteiger partial charge in [0.05, 0.1) is 17.3 Å². The van der Waals surface area contributed by atoms with Crippen LogP contribution in [0.25, 0.3) is 21.5 Å². The Morgan fingerprint density at radius 2 is 2.29 bits per heavy atom. The lowest BCUT2D eigenvalue weighted by atomic mass is 10.1. The van der Waals surface area contributed by atoms with Gasteiger partial charge in [-0.15, -0.1) is 11.3 Å². The van der Waals surface area contributed by atoms with Crippen LogP contribution in [0.4, 0.5) is 0 Å². The number of rotatable bonds is 2. The molecule has 7 heteroatoms. The molecule has 0 radical (unpaired) electrons. The number of aromatic nitrogens is 2. The Morgan fingerprint density at radius 3 is 3.00 bits per heavy atom. The number of thiazole rings is 1. The van der Waals surface area contributed by atoms with Gasteiger partial charge in [0.15, 0.2) is 0 Å². The van der Waals surface area contributed by atoms with Crippen molar-refractivity contribution in [3.05, 3.63) is 40.5 Å². The number of nitrogens with zero attached hydrogens (tertiary/aromatic N) is 3. The summed E-state index contributed by atoms with van der Waals surface area (Å²) in [5, 5.41) is 20.3. The summed E-state index contributed by atoms with van der Waals surface area (Å²) in [7, 11) is 0. The first-order valence-corrected chi connectivity index (χ1v) is 9.41. The molecule has 0 saturated heterocycles. The standard InChI is InChI=1S/C17H13N3O2S2/c1-9-7-23-8-13-4-10-2-11(3-12(5-18)15(10)20(9)13)16-19-6-14(24-16)17(21)22/h2-4,6,9H,7-8H2,1H3,(H,21,22)/t9-/m1/s1. The predicted octanol–water partition coefficient (Wildman–Crippen LogP) is 4.14. The predicted molar refractivity (Wildman–Crippen MR) is 95.6 cm³/mol. The second kappa shape index (κ2) is 5.65. The highest BCUT2D eigenvalue weighted by molar-refractivity contribution is 7.98. The molecule has 0 spiro atoms. The van der Waals surface area contributed by atoms with E-state index < -0.39 is 5.97 Å². The van der Waals surface area contributed by atoms with Gasteiger partial charge in [0.2, 0.25) is 0 Å². The molecule has 0 bridgehead atoms. The summed E-state index contributed by atoms with van der Waals surface area (Å²) in [6.07, 6.45) is 1.36. The van der Waals surface area contributed by atoms with Crippen molar-refractivity contribution >= 4 is 40.0 Å². The number of carboxylic acids is 1. The summed E-state index contributed by atoms with van der Waals surface area (Å²) in [5.41, 5.74) is 3.60. The fourth-order valence-electron chi connectivity index (χ4n) is 3.17. The van der Waals surface area contributed by atoms with Crippen LogP contribution in [0.1, 0.15) is 33.9 Å².